The van der Waals surface area contributed by atoms with Gasteiger partial charge in [0, 0.05) is 18.9 Å². The molecule has 0 N–H and O–H groups in total. The molecule has 2 nitrogen and oxygen atoms in total. The third-order valence-electron chi connectivity index (χ3n) is 7.41. The molecular weight excluding hydrogens is 520 g/mol. The minimum absolute atomic E-state index is 0.0275. The summed E-state index contributed by atoms with van der Waals surface area (Å²) in [6.45, 7) is -3.16. The molecule has 1 heterocycles. The molecule has 7 aromatic carbocycles. The number of hydrogen-bond acceptors (Lipinski definition) is 1. The number of para-hydroxylation sites is 2. The molecule has 43 heavy (non-hydrogen) atoms. The summed E-state index contributed by atoms with van der Waals surface area (Å²) in [5.74, 6) is -0.455. The maximum absolute atomic E-state index is 9.38. The number of imidazole rings is 1. The molecule has 0 saturated heterocycles. The zero-order chi connectivity index (χ0) is 44.4. The highest BCUT2D eigenvalue weighted by Crippen LogP contribution is 2.46. The van der Waals surface area contributed by atoms with Gasteiger partial charge in [0.25, 0.3) is 0 Å². The van der Waals surface area contributed by atoms with Crippen LogP contribution >= 0.6 is 0 Å². The second kappa shape index (κ2) is 10.4. The number of hydrogen-bond donors (Lipinski definition) is 0. The van der Waals surface area contributed by atoms with Crippen LogP contribution in [0.2, 0.25) is 0 Å². The molecule has 2 heteroatoms. The summed E-state index contributed by atoms with van der Waals surface area (Å²) >= 11 is 0. The van der Waals surface area contributed by atoms with E-state index >= 15 is 0 Å². The first-order chi connectivity index (χ1) is 28.6. The summed E-state index contributed by atoms with van der Waals surface area (Å²) in [6, 6.07) is 10.5. The first kappa shape index (κ1) is 12.8. The summed E-state index contributed by atoms with van der Waals surface area (Å²) in [5, 5.41) is -0.757. The van der Waals surface area contributed by atoms with Crippen molar-refractivity contribution in [3.05, 3.63) is 157 Å². The van der Waals surface area contributed by atoms with E-state index in [4.69, 9.17) is 19.2 Å². The van der Waals surface area contributed by atoms with Crippen molar-refractivity contribution in [2.45, 2.75) is 13.2 Å². The van der Waals surface area contributed by atoms with Crippen LogP contribution in [0.25, 0.3) is 71.6 Å². The van der Waals surface area contributed by atoms with Crippen LogP contribution in [0, 0.1) is 0 Å². The fraction of sp³-hybridized carbons (Fsp3) is 0.0488. The normalized spacial score (nSPS) is 18.0. The highest BCUT2D eigenvalue weighted by atomic mass is 15.1. The largest absolute Gasteiger partial charge is 0.296 e. The van der Waals surface area contributed by atoms with E-state index in [1.807, 2.05) is 0 Å². The number of fused-ring (bicyclic) bond motifs is 3. The highest BCUT2D eigenvalue weighted by molar-refractivity contribution is 6.22. The van der Waals surface area contributed by atoms with E-state index in [1.165, 1.54) is 41.0 Å². The zero-order valence-corrected chi connectivity index (χ0v) is 22.3. The molecule has 0 atom stereocenters. The molecular formula is C41H30N2. The first-order valence-corrected chi connectivity index (χ1v) is 13.3. The van der Waals surface area contributed by atoms with Gasteiger partial charge < -0.3 is 0 Å². The Kier molecular flexibility index (Phi) is 3.10. The molecule has 0 radical (unpaired) electrons. The quantitative estimate of drug-likeness (QED) is 0.189. The van der Waals surface area contributed by atoms with E-state index in [0.29, 0.717) is 5.52 Å². The van der Waals surface area contributed by atoms with Crippen molar-refractivity contribution in [2.75, 3.05) is 0 Å². The van der Waals surface area contributed by atoms with Gasteiger partial charge in [0.2, 0.25) is 0 Å². The number of nitrogens with zero attached hydrogens (tertiary/aromatic N) is 2. The first-order valence-electron chi connectivity index (χ1n) is 22.3. The summed E-state index contributed by atoms with van der Waals surface area (Å²) in [4.78, 5) is 4.40. The minimum Gasteiger partial charge on any atom is -0.296 e. The van der Waals surface area contributed by atoms with Crippen LogP contribution in [0.4, 0.5) is 0 Å². The Hall–Kier alpha value is -5.47. The molecule has 0 unspecified atom stereocenters. The Bertz CT molecular complexity index is 3100. The lowest BCUT2D eigenvalue weighted by atomic mass is 9.84. The van der Waals surface area contributed by atoms with Crippen molar-refractivity contribution >= 4 is 32.6 Å². The zero-order valence-electron chi connectivity index (χ0n) is 40.3. The van der Waals surface area contributed by atoms with E-state index < -0.39 is 97.6 Å². The fourth-order valence-corrected chi connectivity index (χ4v) is 5.66. The highest BCUT2D eigenvalue weighted by Gasteiger charge is 2.19. The molecule has 204 valence electrons. The molecule has 8 rings (SSSR count). The molecule has 8 aromatic rings. The van der Waals surface area contributed by atoms with Crippen molar-refractivity contribution < 1.29 is 24.7 Å². The smallest absolute Gasteiger partial charge is 0.114 e. The van der Waals surface area contributed by atoms with Crippen LogP contribution in [0.15, 0.2) is 151 Å². The van der Waals surface area contributed by atoms with E-state index in [-0.39, 0.29) is 66.1 Å². The second-order valence-corrected chi connectivity index (χ2v) is 9.73. The van der Waals surface area contributed by atoms with Crippen molar-refractivity contribution in [1.82, 2.24) is 9.55 Å². The lowest BCUT2D eigenvalue weighted by Crippen LogP contribution is -2.00. The van der Waals surface area contributed by atoms with E-state index in [0.717, 1.165) is 0 Å². The molecule has 1 aromatic heterocycles. The standard InChI is InChI=1S/C41H30N2/c1-2-39-42-37-25-12-13-26-38(37)43(39)30-18-14-17-29(27-30)40-33-21-8-10-23-35(33)41(36-24-11-9-22-34(36)40)32-20-7-6-19-31(32)28-15-4-3-5-16-28/h3-27H,2H2,1H3/i1D3,2D2,3D,4D,5D,8D,9D,10D,11D,15D,16D,21D,22D,23D,24D. The lowest BCUT2D eigenvalue weighted by Gasteiger charge is -2.20. The monoisotopic (exact) mass is 568 g/mol. The van der Waals surface area contributed by atoms with Crippen molar-refractivity contribution in [1.29, 1.82) is 0 Å². The van der Waals surface area contributed by atoms with E-state index in [1.54, 1.807) is 36.4 Å². The van der Waals surface area contributed by atoms with Gasteiger partial charge in [-0.3, -0.25) is 4.57 Å². The van der Waals surface area contributed by atoms with Crippen molar-refractivity contribution in [3.8, 4) is 39.1 Å². The maximum Gasteiger partial charge on any atom is 0.114 e. The van der Waals surface area contributed by atoms with Gasteiger partial charge in [-0.1, -0.05) is 134 Å². The average Bonchev–Trinajstić information content (AvgIpc) is 3.64. The van der Waals surface area contributed by atoms with Gasteiger partial charge in [0.1, 0.15) is 5.82 Å². The fourth-order valence-electron chi connectivity index (χ4n) is 5.66. The third kappa shape index (κ3) is 4.14. The van der Waals surface area contributed by atoms with Crippen LogP contribution in [0.1, 0.15) is 37.3 Å². The Morgan fingerprint density at radius 1 is 0.628 bits per heavy atom. The molecule has 0 spiro atoms. The molecule has 0 saturated carbocycles. The van der Waals surface area contributed by atoms with Gasteiger partial charge in [-0.2, -0.15) is 0 Å². The summed E-state index contributed by atoms with van der Waals surface area (Å²) in [6.07, 6.45) is -2.98. The van der Waals surface area contributed by atoms with Crippen molar-refractivity contribution in [2.24, 2.45) is 0 Å². The summed E-state index contributed by atoms with van der Waals surface area (Å²) in [5.41, 5.74) is 0.589. The molecule has 0 bridgehead atoms. The molecule has 0 aliphatic carbocycles. The van der Waals surface area contributed by atoms with Gasteiger partial charge in [-0.25, -0.2) is 4.98 Å². The predicted molar refractivity (Wildman–Crippen MR) is 182 cm³/mol. The molecule has 0 amide bonds. The molecule has 0 fully saturated rings. The number of aromatic nitrogens is 2. The van der Waals surface area contributed by atoms with Gasteiger partial charge in [0.05, 0.1) is 28.9 Å². The third-order valence-corrected chi connectivity index (χ3v) is 7.41. The van der Waals surface area contributed by atoms with E-state index in [9.17, 15) is 5.48 Å². The van der Waals surface area contributed by atoms with Crippen LogP contribution < -0.4 is 0 Å². The van der Waals surface area contributed by atoms with Gasteiger partial charge >= 0.3 is 0 Å². The summed E-state index contributed by atoms with van der Waals surface area (Å²) in [7, 11) is 0. The lowest BCUT2D eigenvalue weighted by molar-refractivity contribution is 0.908. The second-order valence-electron chi connectivity index (χ2n) is 9.73. The summed E-state index contributed by atoms with van der Waals surface area (Å²) < 4.78 is 158. The topological polar surface area (TPSA) is 17.8 Å². The molecule has 0 aliphatic heterocycles. The Morgan fingerprint density at radius 3 is 1.98 bits per heavy atom. The predicted octanol–water partition coefficient (Wildman–Crippen LogP) is 10.9. The van der Waals surface area contributed by atoms with Crippen LogP contribution in [0.3, 0.4) is 0 Å². The Balaban J connectivity index is 1.60. The van der Waals surface area contributed by atoms with Gasteiger partial charge in [-0.15, -0.1) is 0 Å². The van der Waals surface area contributed by atoms with Crippen LogP contribution in [-0.2, 0) is 6.37 Å². The minimum atomic E-state index is -3.16. The Morgan fingerprint density at radius 2 is 1.26 bits per heavy atom. The van der Waals surface area contributed by atoms with Crippen LogP contribution in [-0.4, -0.2) is 9.55 Å². The number of rotatable bonds is 5. The average molecular weight is 569 g/mol. The van der Waals surface area contributed by atoms with Gasteiger partial charge in [-0.05, 0) is 79.2 Å². The molecule has 0 aliphatic rings. The maximum atomic E-state index is 9.38. The van der Waals surface area contributed by atoms with E-state index in [2.05, 4.69) is 4.98 Å². The number of benzene rings is 7. The Labute approximate surface area is 276 Å². The van der Waals surface area contributed by atoms with Crippen molar-refractivity contribution in [3.63, 3.8) is 0 Å². The van der Waals surface area contributed by atoms with Gasteiger partial charge in [0.15, 0.2) is 0 Å². The SMILES string of the molecule is [2H]c1c([2H])c([2H])c(-c2ccccc2-c2c3c([2H])c([2H])c([2H])c([2H])c3c(-c3cccc(-n4c(C([2H])([2H])C([2H])([2H])[2H])nc5ccccc54)c3)c3c([2H])c([2H])c([2H])c([2H])c23)c([2H])c1[2H]. The number of aryl methyl sites for hydroxylation is 1. The van der Waals surface area contributed by atoms with Crippen LogP contribution in [0.5, 0.6) is 0 Å².